The lowest BCUT2D eigenvalue weighted by Gasteiger charge is -2.39. The summed E-state index contributed by atoms with van der Waals surface area (Å²) in [6.07, 6.45) is 1.18. The molecule has 1 atom stereocenters. The normalized spacial score (nSPS) is 24.1. The summed E-state index contributed by atoms with van der Waals surface area (Å²) in [6.45, 7) is 4.51. The van der Waals surface area contributed by atoms with E-state index in [1.807, 2.05) is 23.9 Å². The molecule has 88 valence electrons. The first-order valence-corrected chi connectivity index (χ1v) is 6.84. The van der Waals surface area contributed by atoms with E-state index >= 15 is 0 Å². The fourth-order valence-electron chi connectivity index (χ4n) is 1.94. The summed E-state index contributed by atoms with van der Waals surface area (Å²) in [5.74, 6) is 2.11. The first kappa shape index (κ1) is 11.8. The zero-order chi connectivity index (χ0) is 11.6. The van der Waals surface area contributed by atoms with Gasteiger partial charge in [-0.05, 0) is 29.7 Å². The third kappa shape index (κ3) is 2.51. The van der Waals surface area contributed by atoms with Crippen molar-refractivity contribution in [3.8, 4) is 0 Å². The second kappa shape index (κ2) is 4.66. The molecule has 16 heavy (non-hydrogen) atoms. The molecular formula is C13H18FNS. The first-order valence-electron chi connectivity index (χ1n) is 5.68. The molecule has 0 aliphatic carbocycles. The number of anilines is 1. The molecule has 1 aliphatic heterocycles. The van der Waals surface area contributed by atoms with Gasteiger partial charge in [0, 0.05) is 11.8 Å². The van der Waals surface area contributed by atoms with Crippen LogP contribution in [0.25, 0.3) is 0 Å². The van der Waals surface area contributed by atoms with E-state index in [-0.39, 0.29) is 11.2 Å². The Morgan fingerprint density at radius 2 is 2.12 bits per heavy atom. The zero-order valence-corrected chi connectivity index (χ0v) is 10.6. The van der Waals surface area contributed by atoms with Crippen molar-refractivity contribution in [2.45, 2.75) is 26.3 Å². The van der Waals surface area contributed by atoms with Crippen molar-refractivity contribution in [1.82, 2.24) is 0 Å². The van der Waals surface area contributed by atoms with Gasteiger partial charge in [0.25, 0.3) is 0 Å². The second-order valence-corrected chi connectivity index (χ2v) is 6.14. The second-order valence-electron chi connectivity index (χ2n) is 4.99. The summed E-state index contributed by atoms with van der Waals surface area (Å²) in [6, 6.07) is 7.26. The van der Waals surface area contributed by atoms with E-state index in [0.29, 0.717) is 11.7 Å². The summed E-state index contributed by atoms with van der Waals surface area (Å²) in [4.78, 5) is 0. The van der Waals surface area contributed by atoms with E-state index in [2.05, 4.69) is 19.2 Å². The molecular weight excluding hydrogens is 221 g/mol. The lowest BCUT2D eigenvalue weighted by molar-refractivity contribution is 0.304. The molecule has 3 heteroatoms. The van der Waals surface area contributed by atoms with E-state index < -0.39 is 0 Å². The van der Waals surface area contributed by atoms with Crippen LogP contribution in [0.1, 0.15) is 20.3 Å². The summed E-state index contributed by atoms with van der Waals surface area (Å²) in [5.41, 5.74) is 0.871. The minimum Gasteiger partial charge on any atom is -0.379 e. The van der Waals surface area contributed by atoms with Crippen molar-refractivity contribution in [1.29, 1.82) is 0 Å². The van der Waals surface area contributed by atoms with Crippen LogP contribution < -0.4 is 5.32 Å². The Balaban J connectivity index is 2.12. The van der Waals surface area contributed by atoms with Crippen molar-refractivity contribution in [2.75, 3.05) is 16.8 Å². The molecule has 1 aromatic carbocycles. The van der Waals surface area contributed by atoms with Crippen LogP contribution in [0.5, 0.6) is 0 Å². The molecule has 0 bridgehead atoms. The Hall–Kier alpha value is -0.700. The smallest absolute Gasteiger partial charge is 0.146 e. The summed E-state index contributed by atoms with van der Waals surface area (Å²) in [5, 5.41) is 3.34. The minimum absolute atomic E-state index is 0.158. The van der Waals surface area contributed by atoms with Gasteiger partial charge in [0.2, 0.25) is 0 Å². The number of halogens is 1. The average molecular weight is 239 g/mol. The van der Waals surface area contributed by atoms with Crippen LogP contribution in [0.15, 0.2) is 24.3 Å². The van der Waals surface area contributed by atoms with E-state index in [4.69, 9.17) is 0 Å². The van der Waals surface area contributed by atoms with Crippen LogP contribution in [0.2, 0.25) is 0 Å². The predicted octanol–water partition coefficient (Wildman–Crippen LogP) is 3.77. The Bertz CT molecular complexity index is 365. The molecule has 1 unspecified atom stereocenters. The van der Waals surface area contributed by atoms with E-state index in [1.54, 1.807) is 6.07 Å². The number of para-hydroxylation sites is 1. The molecule has 0 spiro atoms. The van der Waals surface area contributed by atoms with Crippen LogP contribution in [-0.2, 0) is 0 Å². The quantitative estimate of drug-likeness (QED) is 0.843. The number of rotatable bonds is 2. The van der Waals surface area contributed by atoms with Gasteiger partial charge in [-0.15, -0.1) is 0 Å². The molecule has 1 aromatic rings. The van der Waals surface area contributed by atoms with E-state index in [1.165, 1.54) is 18.2 Å². The van der Waals surface area contributed by atoms with Gasteiger partial charge in [0.15, 0.2) is 0 Å². The molecule has 0 radical (unpaired) electrons. The van der Waals surface area contributed by atoms with E-state index in [0.717, 1.165) is 5.75 Å². The number of thioether (sulfide) groups is 1. The highest BCUT2D eigenvalue weighted by Gasteiger charge is 2.32. The maximum Gasteiger partial charge on any atom is 0.146 e. The van der Waals surface area contributed by atoms with Crippen molar-refractivity contribution in [3.63, 3.8) is 0 Å². The molecule has 1 heterocycles. The highest BCUT2D eigenvalue weighted by atomic mass is 32.2. The van der Waals surface area contributed by atoms with Gasteiger partial charge < -0.3 is 5.32 Å². The number of hydrogen-bond acceptors (Lipinski definition) is 2. The molecule has 1 saturated heterocycles. The minimum atomic E-state index is -0.158. The van der Waals surface area contributed by atoms with Crippen molar-refractivity contribution in [2.24, 2.45) is 5.41 Å². The topological polar surface area (TPSA) is 12.0 Å². The van der Waals surface area contributed by atoms with Crippen LogP contribution >= 0.6 is 11.8 Å². The Morgan fingerprint density at radius 3 is 2.81 bits per heavy atom. The molecule has 0 saturated carbocycles. The maximum atomic E-state index is 13.5. The van der Waals surface area contributed by atoms with Crippen LogP contribution in [0.3, 0.4) is 0 Å². The maximum absolute atomic E-state index is 13.5. The monoisotopic (exact) mass is 239 g/mol. The van der Waals surface area contributed by atoms with Crippen molar-refractivity contribution in [3.05, 3.63) is 30.1 Å². The Labute approximate surface area is 101 Å². The largest absolute Gasteiger partial charge is 0.379 e. The van der Waals surface area contributed by atoms with Gasteiger partial charge in [0.05, 0.1) is 5.69 Å². The summed E-state index contributed by atoms with van der Waals surface area (Å²) >= 11 is 1.95. The van der Waals surface area contributed by atoms with Crippen LogP contribution in [0.4, 0.5) is 10.1 Å². The highest BCUT2D eigenvalue weighted by Crippen LogP contribution is 2.36. The van der Waals surface area contributed by atoms with Crippen molar-refractivity contribution < 1.29 is 4.39 Å². The first-order chi connectivity index (χ1) is 7.59. The van der Waals surface area contributed by atoms with Crippen LogP contribution in [0, 0.1) is 11.2 Å². The van der Waals surface area contributed by atoms with Gasteiger partial charge in [-0.1, -0.05) is 26.0 Å². The fourth-order valence-corrected chi connectivity index (χ4v) is 3.55. The van der Waals surface area contributed by atoms with Gasteiger partial charge >= 0.3 is 0 Å². The number of hydrogen-bond donors (Lipinski definition) is 1. The average Bonchev–Trinajstić information content (AvgIpc) is 2.24. The molecule has 2 rings (SSSR count). The van der Waals surface area contributed by atoms with Gasteiger partial charge in [-0.25, -0.2) is 4.39 Å². The predicted molar refractivity (Wildman–Crippen MR) is 69.5 cm³/mol. The third-order valence-corrected chi connectivity index (χ3v) is 4.38. The molecule has 0 amide bonds. The summed E-state index contributed by atoms with van der Waals surface area (Å²) < 4.78 is 13.5. The molecule has 1 fully saturated rings. The van der Waals surface area contributed by atoms with Crippen molar-refractivity contribution >= 4 is 17.4 Å². The Morgan fingerprint density at radius 1 is 1.38 bits per heavy atom. The number of nitrogens with one attached hydrogen (secondary N) is 1. The zero-order valence-electron chi connectivity index (χ0n) is 9.79. The van der Waals surface area contributed by atoms with Gasteiger partial charge in [0.1, 0.15) is 5.82 Å². The molecule has 1 N–H and O–H groups in total. The summed E-state index contributed by atoms with van der Waals surface area (Å²) in [7, 11) is 0. The molecule has 0 aromatic heterocycles. The van der Waals surface area contributed by atoms with Crippen LogP contribution in [-0.4, -0.2) is 17.5 Å². The lowest BCUT2D eigenvalue weighted by atomic mass is 9.82. The SMILES string of the molecule is CC1(C)CCSCC1Nc1ccccc1F. The molecule has 1 nitrogen and oxygen atoms in total. The molecule has 1 aliphatic rings. The van der Waals surface area contributed by atoms with Gasteiger partial charge in [-0.2, -0.15) is 11.8 Å². The van der Waals surface area contributed by atoms with E-state index in [9.17, 15) is 4.39 Å². The standard InChI is InChI=1S/C13H18FNS/c1-13(2)7-8-16-9-12(13)15-11-6-4-3-5-10(11)14/h3-6,12,15H,7-9H2,1-2H3. The highest BCUT2D eigenvalue weighted by molar-refractivity contribution is 7.99. The third-order valence-electron chi connectivity index (χ3n) is 3.32. The van der Waals surface area contributed by atoms with Gasteiger partial charge in [-0.3, -0.25) is 0 Å². The number of benzene rings is 1. The Kier molecular flexibility index (Phi) is 3.43. The fraction of sp³-hybridized carbons (Fsp3) is 0.538. The lowest BCUT2D eigenvalue weighted by Crippen LogP contribution is -2.41.